The summed E-state index contributed by atoms with van der Waals surface area (Å²) in [4.78, 5) is 30.0. The van der Waals surface area contributed by atoms with Gasteiger partial charge in [-0.2, -0.15) is 4.98 Å². The number of rotatable bonds is 4. The monoisotopic (exact) mass is 332 g/mol. The van der Waals surface area contributed by atoms with Gasteiger partial charge < -0.3 is 25.1 Å². The molecule has 3 rings (SSSR count). The summed E-state index contributed by atoms with van der Waals surface area (Å²) in [5.74, 6) is 1.44. The lowest BCUT2D eigenvalue weighted by molar-refractivity contribution is 0.0590. The molecule has 0 unspecified atom stereocenters. The second kappa shape index (κ2) is 6.73. The van der Waals surface area contributed by atoms with Crippen LogP contribution in [-0.2, 0) is 4.74 Å². The molecule has 9 nitrogen and oxygen atoms in total. The van der Waals surface area contributed by atoms with Crippen LogP contribution in [0.1, 0.15) is 35.1 Å². The van der Waals surface area contributed by atoms with Crippen molar-refractivity contribution in [1.82, 2.24) is 19.9 Å². The molecule has 128 valence electrons. The predicted octanol–water partition coefficient (Wildman–Crippen LogP) is 0.961. The molecule has 1 aliphatic rings. The van der Waals surface area contributed by atoms with Crippen molar-refractivity contribution in [2.45, 2.75) is 18.8 Å². The standard InChI is InChI=1S/C15H20N6O3/c1-23-11-10(14(22)24-2)19-15(20-12(11)16)21-7-3-9(4-8-21)13-17-5-6-18-13/h5-6,9H,3-4,7-8H2,1-2H3,(H,17,18)(H2,16,19,20). The molecule has 0 bridgehead atoms. The zero-order chi connectivity index (χ0) is 17.1. The first kappa shape index (κ1) is 16.0. The molecule has 0 aromatic carbocycles. The smallest absolute Gasteiger partial charge is 0.360 e. The van der Waals surface area contributed by atoms with Crippen LogP contribution in [0.15, 0.2) is 12.4 Å². The fourth-order valence-electron chi connectivity index (χ4n) is 2.89. The van der Waals surface area contributed by atoms with Gasteiger partial charge in [0.2, 0.25) is 5.95 Å². The van der Waals surface area contributed by atoms with E-state index in [4.69, 9.17) is 15.2 Å². The van der Waals surface area contributed by atoms with E-state index in [1.165, 1.54) is 14.2 Å². The van der Waals surface area contributed by atoms with Gasteiger partial charge in [0.1, 0.15) is 5.82 Å². The van der Waals surface area contributed by atoms with E-state index >= 15 is 0 Å². The van der Waals surface area contributed by atoms with Crippen molar-refractivity contribution in [3.05, 3.63) is 23.9 Å². The Kier molecular flexibility index (Phi) is 4.50. The van der Waals surface area contributed by atoms with Crippen molar-refractivity contribution in [3.63, 3.8) is 0 Å². The van der Waals surface area contributed by atoms with E-state index in [2.05, 4.69) is 19.9 Å². The lowest BCUT2D eigenvalue weighted by Gasteiger charge is -2.31. The Hall–Kier alpha value is -2.84. The molecule has 3 N–H and O–H groups in total. The van der Waals surface area contributed by atoms with Crippen molar-refractivity contribution >= 4 is 17.7 Å². The Labute approximate surface area is 139 Å². The number of carbonyl (C=O) groups is 1. The molecule has 24 heavy (non-hydrogen) atoms. The molecule has 0 spiro atoms. The summed E-state index contributed by atoms with van der Waals surface area (Å²) >= 11 is 0. The van der Waals surface area contributed by atoms with Gasteiger partial charge in [0, 0.05) is 31.4 Å². The highest BCUT2D eigenvalue weighted by Crippen LogP contribution is 2.30. The number of methoxy groups -OCH3 is 2. The number of esters is 1. The molecule has 0 atom stereocenters. The summed E-state index contributed by atoms with van der Waals surface area (Å²) in [6.45, 7) is 1.50. The molecular weight excluding hydrogens is 312 g/mol. The third-order valence-electron chi connectivity index (χ3n) is 4.15. The van der Waals surface area contributed by atoms with E-state index in [-0.39, 0.29) is 17.3 Å². The highest BCUT2D eigenvalue weighted by atomic mass is 16.5. The summed E-state index contributed by atoms with van der Waals surface area (Å²) in [7, 11) is 2.70. The maximum Gasteiger partial charge on any atom is 0.360 e. The zero-order valence-corrected chi connectivity index (χ0v) is 13.7. The molecule has 0 amide bonds. The van der Waals surface area contributed by atoms with Crippen LogP contribution in [-0.4, -0.2) is 53.2 Å². The van der Waals surface area contributed by atoms with E-state index in [9.17, 15) is 4.79 Å². The Balaban J connectivity index is 1.80. The largest absolute Gasteiger partial charge is 0.491 e. The van der Waals surface area contributed by atoms with Crippen LogP contribution in [0.5, 0.6) is 5.75 Å². The van der Waals surface area contributed by atoms with Crippen molar-refractivity contribution in [3.8, 4) is 5.75 Å². The second-order valence-corrected chi connectivity index (χ2v) is 5.52. The number of hydrogen-bond acceptors (Lipinski definition) is 8. The first-order chi connectivity index (χ1) is 11.6. The molecule has 1 saturated heterocycles. The first-order valence-electron chi connectivity index (χ1n) is 7.68. The van der Waals surface area contributed by atoms with E-state index in [1.54, 1.807) is 6.20 Å². The van der Waals surface area contributed by atoms with E-state index < -0.39 is 5.97 Å². The predicted molar refractivity (Wildman–Crippen MR) is 87.1 cm³/mol. The van der Waals surface area contributed by atoms with E-state index in [0.717, 1.165) is 31.8 Å². The minimum atomic E-state index is -0.604. The van der Waals surface area contributed by atoms with Gasteiger partial charge in [0.15, 0.2) is 17.3 Å². The quantitative estimate of drug-likeness (QED) is 0.795. The number of aromatic amines is 1. The molecule has 0 saturated carbocycles. The third-order valence-corrected chi connectivity index (χ3v) is 4.15. The van der Waals surface area contributed by atoms with Gasteiger partial charge in [0.25, 0.3) is 0 Å². The molecule has 3 heterocycles. The van der Waals surface area contributed by atoms with Crippen LogP contribution >= 0.6 is 0 Å². The summed E-state index contributed by atoms with van der Waals surface area (Å²) in [6, 6.07) is 0. The lowest BCUT2D eigenvalue weighted by atomic mass is 9.96. The number of H-pyrrole nitrogens is 1. The molecule has 0 radical (unpaired) electrons. The fourth-order valence-corrected chi connectivity index (χ4v) is 2.89. The van der Waals surface area contributed by atoms with Gasteiger partial charge in [-0.15, -0.1) is 0 Å². The third kappa shape index (κ3) is 2.97. The molecular formula is C15H20N6O3. The number of anilines is 2. The van der Waals surface area contributed by atoms with Crippen molar-refractivity contribution < 1.29 is 14.3 Å². The Morgan fingerprint density at radius 1 is 1.33 bits per heavy atom. The highest BCUT2D eigenvalue weighted by Gasteiger charge is 2.27. The number of hydrogen-bond donors (Lipinski definition) is 2. The van der Waals surface area contributed by atoms with Gasteiger partial charge in [-0.1, -0.05) is 0 Å². The highest BCUT2D eigenvalue weighted by molar-refractivity contribution is 5.92. The Morgan fingerprint density at radius 3 is 2.67 bits per heavy atom. The van der Waals surface area contributed by atoms with Gasteiger partial charge >= 0.3 is 5.97 Å². The van der Waals surface area contributed by atoms with Crippen LogP contribution in [0.2, 0.25) is 0 Å². The van der Waals surface area contributed by atoms with Crippen LogP contribution in [0.3, 0.4) is 0 Å². The van der Waals surface area contributed by atoms with E-state index in [0.29, 0.717) is 11.9 Å². The number of imidazole rings is 1. The molecule has 2 aromatic rings. The number of aromatic nitrogens is 4. The molecule has 2 aromatic heterocycles. The second-order valence-electron chi connectivity index (χ2n) is 5.52. The van der Waals surface area contributed by atoms with Gasteiger partial charge in [0.05, 0.1) is 14.2 Å². The fraction of sp³-hybridized carbons (Fsp3) is 0.467. The molecule has 1 aliphatic heterocycles. The van der Waals surface area contributed by atoms with Crippen molar-refractivity contribution in [2.75, 3.05) is 37.9 Å². The Bertz CT molecular complexity index is 710. The van der Waals surface area contributed by atoms with E-state index in [1.807, 2.05) is 11.1 Å². The number of nitrogen functional groups attached to an aromatic ring is 1. The number of ether oxygens (including phenoxy) is 2. The maximum absolute atomic E-state index is 11.9. The van der Waals surface area contributed by atoms with Gasteiger partial charge in [-0.05, 0) is 12.8 Å². The SMILES string of the molecule is COC(=O)c1nc(N2CCC(c3ncc[nH]3)CC2)nc(N)c1OC. The van der Waals surface area contributed by atoms with Crippen LogP contribution in [0, 0.1) is 0 Å². The maximum atomic E-state index is 11.9. The number of nitrogens with one attached hydrogen (secondary N) is 1. The Morgan fingerprint density at radius 2 is 2.08 bits per heavy atom. The molecule has 0 aliphatic carbocycles. The van der Waals surface area contributed by atoms with Crippen molar-refractivity contribution in [2.24, 2.45) is 0 Å². The zero-order valence-electron chi connectivity index (χ0n) is 13.7. The molecule has 9 heteroatoms. The number of nitrogens with two attached hydrogens (primary N) is 1. The van der Waals surface area contributed by atoms with Gasteiger partial charge in [-0.25, -0.2) is 14.8 Å². The molecule has 1 fully saturated rings. The lowest BCUT2D eigenvalue weighted by Crippen LogP contribution is -2.35. The van der Waals surface area contributed by atoms with Crippen LogP contribution < -0.4 is 15.4 Å². The minimum absolute atomic E-state index is 0.0376. The van der Waals surface area contributed by atoms with Crippen LogP contribution in [0.25, 0.3) is 0 Å². The van der Waals surface area contributed by atoms with Gasteiger partial charge in [-0.3, -0.25) is 0 Å². The number of piperidine rings is 1. The summed E-state index contributed by atoms with van der Waals surface area (Å²) in [5, 5.41) is 0. The number of nitrogens with zero attached hydrogens (tertiary/aromatic N) is 4. The average Bonchev–Trinajstić information content (AvgIpc) is 3.15. The minimum Gasteiger partial charge on any atom is -0.491 e. The normalized spacial score (nSPS) is 15.3. The summed E-state index contributed by atoms with van der Waals surface area (Å²) in [6.07, 6.45) is 5.42. The summed E-state index contributed by atoms with van der Waals surface area (Å²) in [5.41, 5.74) is 5.95. The topological polar surface area (TPSA) is 119 Å². The average molecular weight is 332 g/mol. The van der Waals surface area contributed by atoms with Crippen LogP contribution in [0.4, 0.5) is 11.8 Å². The van der Waals surface area contributed by atoms with Crippen molar-refractivity contribution in [1.29, 1.82) is 0 Å². The summed E-state index contributed by atoms with van der Waals surface area (Å²) < 4.78 is 9.87. The first-order valence-corrected chi connectivity index (χ1v) is 7.68. The number of carbonyl (C=O) groups excluding carboxylic acids is 1.